The van der Waals surface area contributed by atoms with Gasteiger partial charge in [0.15, 0.2) is 0 Å². The molecule has 0 aliphatic heterocycles. The molecular formula is C16H17ClF3NO2. The zero-order valence-electron chi connectivity index (χ0n) is 12.3. The molecule has 0 aromatic heterocycles. The summed E-state index contributed by atoms with van der Waals surface area (Å²) in [5.41, 5.74) is 7.98. The van der Waals surface area contributed by atoms with Gasteiger partial charge in [-0.25, -0.2) is 0 Å². The van der Waals surface area contributed by atoms with E-state index in [1.807, 2.05) is 6.92 Å². The highest BCUT2D eigenvalue weighted by atomic mass is 35.5. The molecule has 0 aliphatic rings. The van der Waals surface area contributed by atoms with Gasteiger partial charge >= 0.3 is 6.36 Å². The van der Waals surface area contributed by atoms with Gasteiger partial charge in [0.25, 0.3) is 0 Å². The number of hydrogen-bond donors (Lipinski definition) is 2. The zero-order valence-corrected chi connectivity index (χ0v) is 13.1. The first-order chi connectivity index (χ1) is 10.3. The van der Waals surface area contributed by atoms with Gasteiger partial charge in [-0.3, -0.25) is 0 Å². The second-order valence-electron chi connectivity index (χ2n) is 4.80. The van der Waals surface area contributed by atoms with Crippen LogP contribution in [-0.4, -0.2) is 11.5 Å². The summed E-state index contributed by atoms with van der Waals surface area (Å²) in [6.45, 7) is 1.91. The van der Waals surface area contributed by atoms with Crippen molar-refractivity contribution in [1.29, 1.82) is 0 Å². The molecule has 0 fully saturated rings. The minimum atomic E-state index is -4.72. The van der Waals surface area contributed by atoms with E-state index in [0.717, 1.165) is 5.56 Å². The summed E-state index contributed by atoms with van der Waals surface area (Å²) in [7, 11) is 0. The van der Waals surface area contributed by atoms with E-state index in [0.29, 0.717) is 17.5 Å². The van der Waals surface area contributed by atoms with Crippen LogP contribution in [0.3, 0.4) is 0 Å². The summed E-state index contributed by atoms with van der Waals surface area (Å²) in [6, 6.07) is 9.94. The van der Waals surface area contributed by atoms with E-state index in [2.05, 4.69) is 4.74 Å². The van der Waals surface area contributed by atoms with Crippen molar-refractivity contribution in [2.24, 2.45) is 5.73 Å². The lowest BCUT2D eigenvalue weighted by molar-refractivity contribution is -0.274. The van der Waals surface area contributed by atoms with Crippen LogP contribution < -0.4 is 10.5 Å². The lowest BCUT2D eigenvalue weighted by atomic mass is 9.96. The number of phenolic OH excluding ortho intramolecular Hbond substituents is 1. The summed E-state index contributed by atoms with van der Waals surface area (Å²) >= 11 is 0. The number of aromatic hydroxyl groups is 1. The fourth-order valence-electron chi connectivity index (χ4n) is 2.20. The first kappa shape index (κ1) is 19.1. The van der Waals surface area contributed by atoms with E-state index >= 15 is 0 Å². The van der Waals surface area contributed by atoms with Crippen LogP contribution in [0.25, 0.3) is 0 Å². The van der Waals surface area contributed by atoms with Crippen molar-refractivity contribution in [3.8, 4) is 11.5 Å². The number of nitrogens with two attached hydrogens (primary N) is 1. The molecule has 3 nitrogen and oxygen atoms in total. The van der Waals surface area contributed by atoms with Crippen molar-refractivity contribution in [3.63, 3.8) is 0 Å². The molecule has 0 radical (unpaired) electrons. The number of ether oxygens (including phenoxy) is 1. The number of rotatable bonds is 4. The molecule has 0 aliphatic carbocycles. The Kier molecular flexibility index (Phi) is 6.29. The standard InChI is InChI=1S/C16H16F3NO2.ClH/c1-2-10-4-3-5-13(15(10)21)14(20)11-6-8-12(9-7-11)22-16(17,18)19;/h3-9,14,21H,2,20H2,1H3;1H/t14-;/m0./s1. The van der Waals surface area contributed by atoms with E-state index in [4.69, 9.17) is 5.73 Å². The molecule has 0 saturated heterocycles. The zero-order chi connectivity index (χ0) is 16.3. The summed E-state index contributed by atoms with van der Waals surface area (Å²) < 4.78 is 40.2. The number of alkyl halides is 3. The maximum Gasteiger partial charge on any atom is 0.573 e. The van der Waals surface area contributed by atoms with E-state index in [-0.39, 0.29) is 23.9 Å². The van der Waals surface area contributed by atoms with Gasteiger partial charge in [0.2, 0.25) is 0 Å². The van der Waals surface area contributed by atoms with Gasteiger partial charge in [0.1, 0.15) is 11.5 Å². The van der Waals surface area contributed by atoms with Crippen molar-refractivity contribution in [2.45, 2.75) is 25.7 Å². The van der Waals surface area contributed by atoms with E-state index < -0.39 is 12.4 Å². The Bertz CT molecular complexity index is 645. The van der Waals surface area contributed by atoms with Gasteiger partial charge in [-0.1, -0.05) is 37.3 Å². The molecule has 1 atom stereocenters. The van der Waals surface area contributed by atoms with Gasteiger partial charge < -0.3 is 15.6 Å². The summed E-state index contributed by atoms with van der Waals surface area (Å²) in [6.07, 6.45) is -4.07. The first-order valence-electron chi connectivity index (χ1n) is 6.74. The van der Waals surface area contributed by atoms with E-state index in [1.165, 1.54) is 24.3 Å². The Balaban J connectivity index is 0.00000264. The molecule has 0 saturated carbocycles. The Hall–Kier alpha value is -1.92. The Labute approximate surface area is 138 Å². The summed E-state index contributed by atoms with van der Waals surface area (Å²) in [4.78, 5) is 0. The highest BCUT2D eigenvalue weighted by molar-refractivity contribution is 5.85. The number of phenols is 1. The fourth-order valence-corrected chi connectivity index (χ4v) is 2.20. The molecule has 0 amide bonds. The molecular weight excluding hydrogens is 331 g/mol. The average molecular weight is 348 g/mol. The third kappa shape index (κ3) is 4.77. The van der Waals surface area contributed by atoms with Crippen molar-refractivity contribution in [3.05, 3.63) is 59.2 Å². The molecule has 7 heteroatoms. The number of hydrogen-bond acceptors (Lipinski definition) is 3. The molecule has 2 rings (SSSR count). The van der Waals surface area contributed by atoms with Crippen LogP contribution in [0.2, 0.25) is 0 Å². The number of aryl methyl sites for hydroxylation is 1. The van der Waals surface area contributed by atoms with Gasteiger partial charge in [0, 0.05) is 5.56 Å². The lowest BCUT2D eigenvalue weighted by Crippen LogP contribution is -2.17. The van der Waals surface area contributed by atoms with Crippen molar-refractivity contribution in [1.82, 2.24) is 0 Å². The van der Waals surface area contributed by atoms with Gasteiger partial charge in [0.05, 0.1) is 6.04 Å². The third-order valence-electron chi connectivity index (χ3n) is 3.34. The van der Waals surface area contributed by atoms with Crippen molar-refractivity contribution < 1.29 is 23.0 Å². The predicted molar refractivity (Wildman–Crippen MR) is 83.9 cm³/mol. The van der Waals surface area contributed by atoms with Crippen LogP contribution in [0.5, 0.6) is 11.5 Å². The van der Waals surface area contributed by atoms with Crippen LogP contribution in [0, 0.1) is 0 Å². The van der Waals surface area contributed by atoms with Crippen LogP contribution in [0.4, 0.5) is 13.2 Å². The molecule has 0 spiro atoms. The fraction of sp³-hybridized carbons (Fsp3) is 0.250. The average Bonchev–Trinajstić information content (AvgIpc) is 2.46. The topological polar surface area (TPSA) is 55.5 Å². The lowest BCUT2D eigenvalue weighted by Gasteiger charge is -2.16. The van der Waals surface area contributed by atoms with Crippen molar-refractivity contribution >= 4 is 12.4 Å². The Morgan fingerprint density at radius 3 is 2.26 bits per heavy atom. The third-order valence-corrected chi connectivity index (χ3v) is 3.34. The predicted octanol–water partition coefficient (Wildman–Crippen LogP) is 4.32. The van der Waals surface area contributed by atoms with Crippen LogP contribution >= 0.6 is 12.4 Å². The monoisotopic (exact) mass is 347 g/mol. The highest BCUT2D eigenvalue weighted by Crippen LogP contribution is 2.32. The van der Waals surface area contributed by atoms with E-state index in [9.17, 15) is 18.3 Å². The van der Waals surface area contributed by atoms with E-state index in [1.54, 1.807) is 18.2 Å². The Morgan fingerprint density at radius 1 is 1.13 bits per heavy atom. The number of halogens is 4. The molecule has 3 N–H and O–H groups in total. The maximum absolute atomic E-state index is 12.1. The first-order valence-corrected chi connectivity index (χ1v) is 6.74. The molecule has 0 heterocycles. The summed E-state index contributed by atoms with van der Waals surface area (Å²) in [5.74, 6) is -0.192. The number of para-hydroxylation sites is 1. The maximum atomic E-state index is 12.1. The van der Waals surface area contributed by atoms with Crippen LogP contribution in [0.15, 0.2) is 42.5 Å². The second-order valence-corrected chi connectivity index (χ2v) is 4.80. The SMILES string of the molecule is CCc1cccc([C@@H](N)c2ccc(OC(F)(F)F)cc2)c1O.Cl. The van der Waals surface area contributed by atoms with Gasteiger partial charge in [-0.15, -0.1) is 25.6 Å². The minimum absolute atomic E-state index is 0. The quantitative estimate of drug-likeness (QED) is 0.865. The normalized spacial score (nSPS) is 12.4. The molecule has 0 unspecified atom stereocenters. The van der Waals surface area contributed by atoms with Crippen LogP contribution in [0.1, 0.15) is 29.7 Å². The molecule has 126 valence electrons. The minimum Gasteiger partial charge on any atom is -0.507 e. The molecule has 23 heavy (non-hydrogen) atoms. The van der Waals surface area contributed by atoms with Crippen LogP contribution in [-0.2, 0) is 6.42 Å². The Morgan fingerprint density at radius 2 is 1.74 bits per heavy atom. The number of benzene rings is 2. The highest BCUT2D eigenvalue weighted by Gasteiger charge is 2.31. The molecule has 0 bridgehead atoms. The molecule has 2 aromatic rings. The smallest absolute Gasteiger partial charge is 0.507 e. The van der Waals surface area contributed by atoms with Crippen molar-refractivity contribution in [2.75, 3.05) is 0 Å². The van der Waals surface area contributed by atoms with Gasteiger partial charge in [-0.2, -0.15) is 0 Å². The second kappa shape index (κ2) is 7.57. The summed E-state index contributed by atoms with van der Waals surface area (Å²) in [5, 5.41) is 10.2. The molecule has 2 aromatic carbocycles. The van der Waals surface area contributed by atoms with Gasteiger partial charge in [-0.05, 0) is 29.7 Å². The largest absolute Gasteiger partial charge is 0.573 e.